The van der Waals surface area contributed by atoms with Gasteiger partial charge in [0.1, 0.15) is 5.02 Å². The van der Waals surface area contributed by atoms with Crippen LogP contribution in [0, 0.1) is 45.6 Å². The SMILES string of the molecule is O=C(COC(=O)c1cc(-c2ccc(N3C(=O)C4C5C=CC(C6CC56)C4C3=O)cc2)nc2c(Cl)cccc12)c1ccc(Cl)c([N+](=O)[O-])c1. The molecule has 0 spiro atoms. The second-order valence-electron chi connectivity index (χ2n) is 12.3. The van der Waals surface area contributed by atoms with E-state index in [1.54, 1.807) is 42.5 Å². The molecule has 9 rings (SSSR count). The number of nitro groups is 1. The number of hydrogen-bond acceptors (Lipinski definition) is 8. The Morgan fingerprint density at radius 1 is 0.915 bits per heavy atom. The zero-order valence-corrected chi connectivity index (χ0v) is 25.9. The van der Waals surface area contributed by atoms with Gasteiger partial charge in [-0.15, -0.1) is 0 Å². The van der Waals surface area contributed by atoms with Crippen LogP contribution < -0.4 is 4.90 Å². The van der Waals surface area contributed by atoms with Crippen LogP contribution in [0.2, 0.25) is 10.0 Å². The monoisotopic (exact) mass is 667 g/mol. The van der Waals surface area contributed by atoms with E-state index in [0.717, 1.165) is 12.5 Å². The molecular formula is C35H23Cl2N3O7. The largest absolute Gasteiger partial charge is 0.454 e. The molecule has 4 aromatic rings. The van der Waals surface area contributed by atoms with Gasteiger partial charge in [0.05, 0.1) is 44.2 Å². The van der Waals surface area contributed by atoms with Gasteiger partial charge in [-0.3, -0.25) is 29.4 Å². The smallest absolute Gasteiger partial charge is 0.339 e. The summed E-state index contributed by atoms with van der Waals surface area (Å²) in [4.78, 5) is 69.8. The van der Waals surface area contributed by atoms with Crippen molar-refractivity contribution in [3.05, 3.63) is 110 Å². The summed E-state index contributed by atoms with van der Waals surface area (Å²) >= 11 is 12.3. The predicted molar refractivity (Wildman–Crippen MR) is 172 cm³/mol. The molecule has 4 aliphatic carbocycles. The quantitative estimate of drug-likeness (QED) is 0.0529. The van der Waals surface area contributed by atoms with E-state index in [0.29, 0.717) is 39.7 Å². The summed E-state index contributed by atoms with van der Waals surface area (Å²) in [6.45, 7) is -0.676. The first-order valence-electron chi connectivity index (χ1n) is 15.0. The first kappa shape index (κ1) is 29.5. The number of carbonyl (C=O) groups is 4. The molecule has 47 heavy (non-hydrogen) atoms. The Kier molecular flexibility index (Phi) is 6.78. The third-order valence-electron chi connectivity index (χ3n) is 9.89. The van der Waals surface area contributed by atoms with Gasteiger partial charge in [0, 0.05) is 22.6 Å². The highest BCUT2D eigenvalue weighted by molar-refractivity contribution is 6.35. The number of para-hydroxylation sites is 1. The Hall–Kier alpha value is -4.93. The number of esters is 1. The minimum absolute atomic E-state index is 0.0350. The lowest BCUT2D eigenvalue weighted by atomic mass is 9.63. The number of carbonyl (C=O) groups excluding carboxylic acids is 4. The lowest BCUT2D eigenvalue weighted by Crippen LogP contribution is -2.40. The molecule has 0 N–H and O–H groups in total. The molecule has 2 bridgehead atoms. The van der Waals surface area contributed by atoms with E-state index in [4.69, 9.17) is 27.9 Å². The minimum Gasteiger partial charge on any atom is -0.454 e. The van der Waals surface area contributed by atoms with Crippen LogP contribution in [-0.4, -0.2) is 40.1 Å². The van der Waals surface area contributed by atoms with E-state index >= 15 is 0 Å². The van der Waals surface area contributed by atoms with Crippen molar-refractivity contribution >= 4 is 69.0 Å². The molecule has 3 fully saturated rings. The number of allylic oxidation sites excluding steroid dienone is 2. The number of halogens is 2. The third-order valence-corrected chi connectivity index (χ3v) is 10.5. The molecule has 2 heterocycles. The highest BCUT2D eigenvalue weighted by atomic mass is 35.5. The highest BCUT2D eigenvalue weighted by Gasteiger charge is 2.67. The van der Waals surface area contributed by atoms with Crippen molar-refractivity contribution in [3.8, 4) is 11.3 Å². The molecule has 1 aromatic heterocycles. The lowest BCUT2D eigenvalue weighted by Gasteiger charge is -2.37. The summed E-state index contributed by atoms with van der Waals surface area (Å²) in [6, 6.07) is 16.9. The van der Waals surface area contributed by atoms with Gasteiger partial charge >= 0.3 is 5.97 Å². The minimum atomic E-state index is -0.827. The maximum atomic E-state index is 13.6. The van der Waals surface area contributed by atoms with Crippen LogP contribution in [0.3, 0.4) is 0 Å². The van der Waals surface area contributed by atoms with E-state index in [-0.39, 0.29) is 56.7 Å². The summed E-state index contributed by atoms with van der Waals surface area (Å²) in [5, 5.41) is 11.8. The average molecular weight is 668 g/mol. The molecule has 6 atom stereocenters. The van der Waals surface area contributed by atoms with Crippen LogP contribution in [0.25, 0.3) is 22.2 Å². The number of aromatic nitrogens is 1. The average Bonchev–Trinajstić information content (AvgIpc) is 3.85. The van der Waals surface area contributed by atoms with Crippen LogP contribution >= 0.6 is 23.2 Å². The topological polar surface area (TPSA) is 137 Å². The summed E-state index contributed by atoms with van der Waals surface area (Å²) in [6.07, 6.45) is 5.36. The van der Waals surface area contributed by atoms with Crippen molar-refractivity contribution in [2.24, 2.45) is 35.5 Å². The van der Waals surface area contributed by atoms with Gasteiger partial charge in [-0.2, -0.15) is 0 Å². The van der Waals surface area contributed by atoms with Gasteiger partial charge in [-0.1, -0.05) is 59.6 Å². The Bertz CT molecular complexity index is 2080. The molecule has 1 aliphatic heterocycles. The number of ketones is 1. The van der Waals surface area contributed by atoms with Crippen molar-refractivity contribution in [1.82, 2.24) is 4.98 Å². The van der Waals surface area contributed by atoms with Crippen molar-refractivity contribution in [1.29, 1.82) is 0 Å². The van der Waals surface area contributed by atoms with Crippen LogP contribution in [0.15, 0.2) is 78.9 Å². The van der Waals surface area contributed by atoms with Crippen molar-refractivity contribution in [2.45, 2.75) is 6.42 Å². The normalized spacial score (nSPS) is 25.1. The maximum Gasteiger partial charge on any atom is 0.339 e. The number of rotatable bonds is 7. The highest BCUT2D eigenvalue weighted by Crippen LogP contribution is 2.65. The first-order valence-corrected chi connectivity index (χ1v) is 15.8. The first-order chi connectivity index (χ1) is 22.6. The second-order valence-corrected chi connectivity index (χ2v) is 13.1. The number of pyridine rings is 1. The van der Waals surface area contributed by atoms with Gasteiger partial charge < -0.3 is 4.74 Å². The molecule has 0 radical (unpaired) electrons. The van der Waals surface area contributed by atoms with Gasteiger partial charge in [0.25, 0.3) is 5.69 Å². The molecule has 1 saturated heterocycles. The van der Waals surface area contributed by atoms with Crippen molar-refractivity contribution < 1.29 is 28.8 Å². The molecular weight excluding hydrogens is 645 g/mol. The summed E-state index contributed by atoms with van der Waals surface area (Å²) in [7, 11) is 0. The standard InChI is InChI=1S/C35H23Cl2N3O7/c36-25-11-6-17(12-28(25)40(45)46)29(41)15-47-35(44)24-14-27(38-32-21(24)2-1-3-26(32)37)16-4-7-18(8-5-16)39-33(42)30-19-9-10-20(23-13-22(19)23)31(30)34(39)43/h1-12,14,19-20,22-23,30-31H,13,15H2. The van der Waals surface area contributed by atoms with E-state index in [1.165, 1.54) is 23.1 Å². The fourth-order valence-corrected chi connectivity index (χ4v) is 8.04. The van der Waals surface area contributed by atoms with Crippen LogP contribution in [0.4, 0.5) is 11.4 Å². The predicted octanol–water partition coefficient (Wildman–Crippen LogP) is 6.71. The van der Waals surface area contributed by atoms with Gasteiger partial charge in [0.15, 0.2) is 6.61 Å². The molecule has 2 saturated carbocycles. The molecule has 2 amide bonds. The van der Waals surface area contributed by atoms with E-state index in [1.807, 2.05) is 0 Å². The Morgan fingerprint density at radius 3 is 2.26 bits per heavy atom. The fourth-order valence-electron chi connectivity index (χ4n) is 7.64. The van der Waals surface area contributed by atoms with Crippen molar-refractivity contribution in [3.63, 3.8) is 0 Å². The van der Waals surface area contributed by atoms with Crippen LogP contribution in [0.1, 0.15) is 27.1 Å². The number of nitrogens with zero attached hydrogens (tertiary/aromatic N) is 3. The molecule has 10 nitrogen and oxygen atoms in total. The second kappa shape index (κ2) is 10.8. The summed E-state index contributed by atoms with van der Waals surface area (Å²) in [5.41, 5.74) is 1.40. The molecule has 6 unspecified atom stereocenters. The Labute approximate surface area is 277 Å². The Morgan fingerprint density at radius 2 is 1.60 bits per heavy atom. The molecule has 12 heteroatoms. The number of hydrogen-bond donors (Lipinski definition) is 0. The van der Waals surface area contributed by atoms with E-state index in [9.17, 15) is 29.3 Å². The fraction of sp³-hybridized carbons (Fsp3) is 0.229. The number of imide groups is 1. The van der Waals surface area contributed by atoms with Crippen LogP contribution in [0.5, 0.6) is 0 Å². The summed E-state index contributed by atoms with van der Waals surface area (Å²) in [5.74, 6) is -1.13. The van der Waals surface area contributed by atoms with Crippen LogP contribution in [-0.2, 0) is 14.3 Å². The number of fused-ring (bicyclic) bond motifs is 1. The lowest BCUT2D eigenvalue weighted by molar-refractivity contribution is -0.384. The zero-order chi connectivity index (χ0) is 32.7. The number of Topliss-reactive ketones (excluding diaryl/α,β-unsaturated/α-hetero) is 1. The third kappa shape index (κ3) is 4.65. The van der Waals surface area contributed by atoms with Gasteiger partial charge in [-0.05, 0) is 66.5 Å². The number of ether oxygens (including phenoxy) is 1. The van der Waals surface area contributed by atoms with Crippen molar-refractivity contribution in [2.75, 3.05) is 11.5 Å². The molecule has 234 valence electrons. The molecule has 5 aliphatic rings. The van der Waals surface area contributed by atoms with E-state index in [2.05, 4.69) is 17.1 Å². The van der Waals surface area contributed by atoms with Gasteiger partial charge in [-0.25, -0.2) is 9.78 Å². The Balaban J connectivity index is 1.06. The number of anilines is 1. The molecule has 3 aromatic carbocycles. The zero-order valence-electron chi connectivity index (χ0n) is 24.3. The number of nitro benzene ring substituents is 1. The number of amides is 2. The van der Waals surface area contributed by atoms with Gasteiger partial charge in [0.2, 0.25) is 17.6 Å². The van der Waals surface area contributed by atoms with E-state index < -0.39 is 29.0 Å². The maximum absolute atomic E-state index is 13.6. The number of benzene rings is 3. The summed E-state index contributed by atoms with van der Waals surface area (Å²) < 4.78 is 5.35.